The number of esters is 1. The summed E-state index contributed by atoms with van der Waals surface area (Å²) in [4.78, 5) is 27.6. The molecule has 1 atom stereocenters. The quantitative estimate of drug-likeness (QED) is 0.812. The number of amides is 1. The van der Waals surface area contributed by atoms with Gasteiger partial charge in [-0.15, -0.1) is 0 Å². The molecule has 1 aromatic carbocycles. The van der Waals surface area contributed by atoms with Gasteiger partial charge in [-0.25, -0.2) is 4.79 Å². The maximum Gasteiger partial charge on any atom is 0.337 e. The molecule has 1 aromatic rings. The van der Waals surface area contributed by atoms with Crippen LogP contribution in [0.25, 0.3) is 0 Å². The van der Waals surface area contributed by atoms with Crippen molar-refractivity contribution in [1.82, 2.24) is 4.90 Å². The van der Waals surface area contributed by atoms with E-state index >= 15 is 0 Å². The molecule has 0 aromatic heterocycles. The van der Waals surface area contributed by atoms with Gasteiger partial charge in [-0.2, -0.15) is 5.26 Å². The largest absolute Gasteiger partial charge is 0.460 e. The van der Waals surface area contributed by atoms with E-state index in [4.69, 9.17) is 15.2 Å². The lowest BCUT2D eigenvalue weighted by Gasteiger charge is -2.35. The Bertz CT molecular complexity index is 923. The average Bonchev–Trinajstić information content (AvgIpc) is 2.77. The van der Waals surface area contributed by atoms with Crippen LogP contribution in [0.2, 0.25) is 0 Å². The van der Waals surface area contributed by atoms with E-state index in [9.17, 15) is 14.9 Å². The molecular formula is C19H19N3O4. The Morgan fingerprint density at radius 3 is 2.65 bits per heavy atom. The monoisotopic (exact) mass is 353 g/mol. The number of likely N-dealkylation sites (N-methyl/N-ethyl adjacent to an activating group) is 1. The lowest BCUT2D eigenvalue weighted by atomic mass is 9.68. The van der Waals surface area contributed by atoms with Crippen molar-refractivity contribution < 1.29 is 19.1 Å². The van der Waals surface area contributed by atoms with Crippen LogP contribution < -0.4 is 10.5 Å². The van der Waals surface area contributed by atoms with Crippen LogP contribution >= 0.6 is 0 Å². The molecule has 0 bridgehead atoms. The first kappa shape index (κ1) is 17.5. The van der Waals surface area contributed by atoms with E-state index in [-0.39, 0.29) is 23.1 Å². The van der Waals surface area contributed by atoms with Crippen LogP contribution in [0.5, 0.6) is 5.75 Å². The Labute approximate surface area is 151 Å². The summed E-state index contributed by atoms with van der Waals surface area (Å²) in [6, 6.07) is 8.72. The number of allylic oxidation sites excluding steroid dienone is 1. The Morgan fingerprint density at radius 1 is 1.38 bits per heavy atom. The summed E-state index contributed by atoms with van der Waals surface area (Å²) in [5, 5.41) is 9.77. The van der Waals surface area contributed by atoms with Crippen molar-refractivity contribution >= 4 is 11.9 Å². The van der Waals surface area contributed by atoms with Crippen molar-refractivity contribution in [2.24, 2.45) is 5.73 Å². The lowest BCUT2D eigenvalue weighted by Crippen LogP contribution is -2.46. The van der Waals surface area contributed by atoms with E-state index < -0.39 is 17.3 Å². The number of nitrogens with zero attached hydrogens (tertiary/aromatic N) is 2. The molecule has 1 amide bonds. The van der Waals surface area contributed by atoms with Gasteiger partial charge in [-0.05, 0) is 26.8 Å². The molecule has 0 fully saturated rings. The molecule has 26 heavy (non-hydrogen) atoms. The van der Waals surface area contributed by atoms with Gasteiger partial charge in [-0.3, -0.25) is 4.79 Å². The molecule has 1 unspecified atom stereocenters. The number of nitriles is 1. The van der Waals surface area contributed by atoms with E-state index in [1.165, 1.54) is 4.90 Å². The number of rotatable bonds is 2. The van der Waals surface area contributed by atoms with Gasteiger partial charge in [0.05, 0.1) is 11.7 Å². The summed E-state index contributed by atoms with van der Waals surface area (Å²) < 4.78 is 10.9. The van der Waals surface area contributed by atoms with E-state index in [0.29, 0.717) is 17.0 Å². The molecule has 2 aliphatic heterocycles. The summed E-state index contributed by atoms with van der Waals surface area (Å²) in [7, 11) is 1.55. The third-order valence-electron chi connectivity index (χ3n) is 4.66. The summed E-state index contributed by atoms with van der Waals surface area (Å²) in [5.74, 6) is -0.971. The first-order valence-corrected chi connectivity index (χ1v) is 8.15. The minimum absolute atomic E-state index is 0.0916. The Balaban J connectivity index is 2.40. The third kappa shape index (κ3) is 2.12. The second-order valence-electron chi connectivity index (χ2n) is 6.48. The van der Waals surface area contributed by atoms with Gasteiger partial charge in [0.1, 0.15) is 17.4 Å². The van der Waals surface area contributed by atoms with Crippen molar-refractivity contribution in [3.05, 3.63) is 52.6 Å². The Hall–Kier alpha value is -3.27. The van der Waals surface area contributed by atoms with Crippen molar-refractivity contribution in [3.63, 3.8) is 0 Å². The third-order valence-corrected chi connectivity index (χ3v) is 4.66. The van der Waals surface area contributed by atoms with E-state index in [1.807, 2.05) is 6.07 Å². The second-order valence-corrected chi connectivity index (χ2v) is 6.48. The maximum atomic E-state index is 13.4. The number of carbonyl (C=O) groups excluding carboxylic acids is 2. The predicted octanol–water partition coefficient (Wildman–Crippen LogP) is 1.71. The normalized spacial score (nSPS) is 21.8. The standard InChI is InChI=1S/C19H19N3O4/c1-10(2)25-17(23)15-11(3)22(4)18(24)19(15)12-7-5-6-8-14(12)26-16(21)13(19)9-20/h5-8,10H,21H2,1-4H3. The summed E-state index contributed by atoms with van der Waals surface area (Å²) >= 11 is 0. The van der Waals surface area contributed by atoms with E-state index in [0.717, 1.165) is 0 Å². The van der Waals surface area contributed by atoms with Gasteiger partial charge >= 0.3 is 5.97 Å². The molecule has 1 spiro atoms. The molecule has 2 aliphatic rings. The van der Waals surface area contributed by atoms with Gasteiger partial charge in [-0.1, -0.05) is 18.2 Å². The zero-order valence-corrected chi connectivity index (χ0v) is 15.0. The zero-order valence-electron chi connectivity index (χ0n) is 15.0. The molecule has 2 heterocycles. The number of ether oxygens (including phenoxy) is 2. The highest BCUT2D eigenvalue weighted by Gasteiger charge is 2.61. The van der Waals surface area contributed by atoms with Crippen LogP contribution in [0, 0.1) is 11.3 Å². The molecular weight excluding hydrogens is 334 g/mol. The molecule has 2 N–H and O–H groups in total. The fourth-order valence-corrected chi connectivity index (χ4v) is 3.50. The second kappa shape index (κ2) is 5.92. The molecule has 0 radical (unpaired) electrons. The summed E-state index contributed by atoms with van der Waals surface area (Å²) in [5.41, 5.74) is 5.09. The number of para-hydroxylation sites is 1. The van der Waals surface area contributed by atoms with Crippen LogP contribution in [-0.4, -0.2) is 29.9 Å². The number of carbonyl (C=O) groups is 2. The van der Waals surface area contributed by atoms with Crippen molar-refractivity contribution in [2.45, 2.75) is 32.3 Å². The number of benzene rings is 1. The van der Waals surface area contributed by atoms with E-state index in [1.54, 1.807) is 52.1 Å². The fraction of sp³-hybridized carbons (Fsp3) is 0.316. The number of hydrogen-bond donors (Lipinski definition) is 1. The highest BCUT2D eigenvalue weighted by Crippen LogP contribution is 2.53. The molecule has 3 rings (SSSR count). The minimum atomic E-state index is -1.67. The van der Waals surface area contributed by atoms with Crippen molar-refractivity contribution in [2.75, 3.05) is 7.05 Å². The Kier molecular flexibility index (Phi) is 3.99. The van der Waals surface area contributed by atoms with Crippen LogP contribution in [-0.2, 0) is 19.7 Å². The fourth-order valence-electron chi connectivity index (χ4n) is 3.50. The average molecular weight is 353 g/mol. The summed E-state index contributed by atoms with van der Waals surface area (Å²) in [6.45, 7) is 5.08. The van der Waals surface area contributed by atoms with Gasteiger partial charge in [0, 0.05) is 18.3 Å². The molecule has 134 valence electrons. The molecule has 7 nitrogen and oxygen atoms in total. The maximum absolute atomic E-state index is 13.4. The smallest absolute Gasteiger partial charge is 0.337 e. The first-order chi connectivity index (χ1) is 12.3. The molecule has 0 saturated carbocycles. The minimum Gasteiger partial charge on any atom is -0.460 e. The highest BCUT2D eigenvalue weighted by atomic mass is 16.5. The molecule has 7 heteroatoms. The Morgan fingerprint density at radius 2 is 2.04 bits per heavy atom. The number of nitrogens with two attached hydrogens (primary N) is 1. The topological polar surface area (TPSA) is 106 Å². The van der Waals surface area contributed by atoms with Crippen LogP contribution in [0.15, 0.2) is 47.0 Å². The lowest BCUT2D eigenvalue weighted by molar-refractivity contribution is -0.144. The van der Waals surface area contributed by atoms with Gasteiger partial charge in [0.2, 0.25) is 11.8 Å². The first-order valence-electron chi connectivity index (χ1n) is 8.15. The van der Waals surface area contributed by atoms with Crippen molar-refractivity contribution in [3.8, 4) is 11.8 Å². The SMILES string of the molecule is CC1=C(C(=O)OC(C)C)C2(C(=O)N1C)C(C#N)=C(N)Oc1ccccc12. The summed E-state index contributed by atoms with van der Waals surface area (Å²) in [6.07, 6.45) is -0.386. The zero-order chi connectivity index (χ0) is 19.2. The van der Waals surface area contributed by atoms with E-state index in [2.05, 4.69) is 0 Å². The molecule has 0 saturated heterocycles. The van der Waals surface area contributed by atoms with Crippen LogP contribution in [0.3, 0.4) is 0 Å². The highest BCUT2D eigenvalue weighted by molar-refractivity contribution is 6.12. The van der Waals surface area contributed by atoms with Crippen LogP contribution in [0.1, 0.15) is 26.3 Å². The van der Waals surface area contributed by atoms with Crippen LogP contribution in [0.4, 0.5) is 0 Å². The van der Waals surface area contributed by atoms with Gasteiger partial charge in [0.25, 0.3) is 0 Å². The number of hydrogen-bond acceptors (Lipinski definition) is 6. The number of fused-ring (bicyclic) bond motifs is 2. The van der Waals surface area contributed by atoms with Gasteiger partial charge in [0.15, 0.2) is 5.41 Å². The predicted molar refractivity (Wildman–Crippen MR) is 92.3 cm³/mol. The molecule has 0 aliphatic carbocycles. The van der Waals surface area contributed by atoms with Crippen molar-refractivity contribution in [1.29, 1.82) is 5.26 Å². The van der Waals surface area contributed by atoms with Gasteiger partial charge < -0.3 is 20.1 Å².